The van der Waals surface area contributed by atoms with E-state index < -0.39 is 13.1 Å². The van der Waals surface area contributed by atoms with Gasteiger partial charge >= 0.3 is 7.12 Å². The lowest BCUT2D eigenvalue weighted by Crippen LogP contribution is -2.32. The number of rotatable bonds is 7. The lowest BCUT2D eigenvalue weighted by molar-refractivity contribution is 0.121. The first-order valence-electron chi connectivity index (χ1n) is 5.67. The zero-order valence-electron chi connectivity index (χ0n) is 9.67. The summed E-state index contributed by atoms with van der Waals surface area (Å²) in [6.07, 6.45) is 3.68. The summed E-state index contributed by atoms with van der Waals surface area (Å²) in [7, 11) is 0.128. The van der Waals surface area contributed by atoms with Crippen molar-refractivity contribution in [1.82, 2.24) is 0 Å². The molecule has 0 amide bonds. The molecule has 2 N–H and O–H groups in total. The molecule has 0 aliphatic carbocycles. The first-order chi connectivity index (χ1) is 7.74. The second-order valence-corrected chi connectivity index (χ2v) is 3.92. The van der Waals surface area contributed by atoms with Crippen LogP contribution >= 0.6 is 0 Å². The predicted octanol–water partition coefficient (Wildman–Crippen LogP) is 1.43. The predicted molar refractivity (Wildman–Crippen MR) is 65.0 cm³/mol. The number of hydrogen-bond donors (Lipinski definition) is 2. The molecule has 1 aromatic rings. The Kier molecular flexibility index (Phi) is 6.15. The van der Waals surface area contributed by atoms with Gasteiger partial charge in [0.1, 0.15) is 0 Å². The molecule has 0 bridgehead atoms. The summed E-state index contributed by atoms with van der Waals surface area (Å²) in [6, 6.07) is 9.82. The van der Waals surface area contributed by atoms with Gasteiger partial charge in [0.25, 0.3) is 0 Å². The smallest absolute Gasteiger partial charge is 0.425 e. The topological polar surface area (TPSA) is 49.7 Å². The van der Waals surface area contributed by atoms with Crippen LogP contribution in [-0.2, 0) is 11.2 Å². The van der Waals surface area contributed by atoms with Crippen molar-refractivity contribution in [3.8, 4) is 0 Å². The number of aryl methyl sites for hydroxylation is 1. The molecule has 0 aromatic heterocycles. The van der Waals surface area contributed by atoms with Crippen molar-refractivity contribution in [3.63, 3.8) is 0 Å². The van der Waals surface area contributed by atoms with Crippen molar-refractivity contribution in [2.24, 2.45) is 0 Å². The first-order valence-corrected chi connectivity index (χ1v) is 5.67. The molecular formula is C12H19BO3. The van der Waals surface area contributed by atoms with E-state index in [1.54, 1.807) is 0 Å². The van der Waals surface area contributed by atoms with Crippen LogP contribution in [0.2, 0.25) is 0 Å². The summed E-state index contributed by atoms with van der Waals surface area (Å²) in [6.45, 7) is 0. The molecule has 1 rings (SSSR count). The molecule has 1 atom stereocenters. The van der Waals surface area contributed by atoms with Crippen molar-refractivity contribution >= 4 is 7.12 Å². The number of hydrogen-bond acceptors (Lipinski definition) is 3. The molecule has 0 radical (unpaired) electrons. The summed E-state index contributed by atoms with van der Waals surface area (Å²) in [5.41, 5.74) is 1.32. The van der Waals surface area contributed by atoms with Gasteiger partial charge in [0, 0.05) is 7.11 Å². The van der Waals surface area contributed by atoms with E-state index in [1.165, 1.54) is 12.7 Å². The Morgan fingerprint density at radius 1 is 1.19 bits per heavy atom. The fourth-order valence-electron chi connectivity index (χ4n) is 1.71. The van der Waals surface area contributed by atoms with Gasteiger partial charge in [0.15, 0.2) is 0 Å². The summed E-state index contributed by atoms with van der Waals surface area (Å²) in [5, 5.41) is 17.9. The van der Waals surface area contributed by atoms with Crippen LogP contribution in [0.4, 0.5) is 0 Å². The number of ether oxygens (including phenoxy) is 1. The molecule has 0 fully saturated rings. The number of methoxy groups -OCH3 is 1. The van der Waals surface area contributed by atoms with Crippen molar-refractivity contribution in [3.05, 3.63) is 35.9 Å². The summed E-state index contributed by atoms with van der Waals surface area (Å²) in [5.74, 6) is 0. The maximum atomic E-state index is 8.96. The highest BCUT2D eigenvalue weighted by atomic mass is 16.5. The van der Waals surface area contributed by atoms with Crippen molar-refractivity contribution in [2.45, 2.75) is 31.7 Å². The first kappa shape index (κ1) is 13.2. The number of benzene rings is 1. The van der Waals surface area contributed by atoms with E-state index in [-0.39, 0.29) is 0 Å². The highest BCUT2D eigenvalue weighted by Gasteiger charge is 2.21. The lowest BCUT2D eigenvalue weighted by Gasteiger charge is -2.13. The zero-order valence-corrected chi connectivity index (χ0v) is 9.67. The van der Waals surface area contributed by atoms with Gasteiger partial charge in [0.05, 0.1) is 6.00 Å². The molecule has 0 aliphatic heterocycles. The average Bonchev–Trinajstić information content (AvgIpc) is 2.30. The third-order valence-corrected chi connectivity index (χ3v) is 2.68. The molecule has 0 saturated carbocycles. The lowest BCUT2D eigenvalue weighted by atomic mass is 9.79. The Bertz CT molecular complexity index is 277. The van der Waals surface area contributed by atoms with Crippen LogP contribution in [0.25, 0.3) is 0 Å². The zero-order chi connectivity index (χ0) is 11.8. The Balaban J connectivity index is 2.16. The Morgan fingerprint density at radius 3 is 2.44 bits per heavy atom. The molecule has 0 spiro atoms. The Labute approximate surface area is 97.2 Å². The van der Waals surface area contributed by atoms with Crippen LogP contribution in [0.3, 0.4) is 0 Å². The van der Waals surface area contributed by atoms with E-state index in [0.717, 1.165) is 19.3 Å². The molecule has 4 heteroatoms. The van der Waals surface area contributed by atoms with Crippen LogP contribution in [0.1, 0.15) is 24.8 Å². The second kappa shape index (κ2) is 7.44. The molecule has 0 heterocycles. The van der Waals surface area contributed by atoms with Crippen LogP contribution < -0.4 is 0 Å². The van der Waals surface area contributed by atoms with Gasteiger partial charge in [-0.05, 0) is 24.8 Å². The van der Waals surface area contributed by atoms with Crippen molar-refractivity contribution in [1.29, 1.82) is 0 Å². The van der Waals surface area contributed by atoms with Crippen molar-refractivity contribution in [2.75, 3.05) is 7.11 Å². The van der Waals surface area contributed by atoms with E-state index in [0.29, 0.717) is 6.42 Å². The minimum Gasteiger partial charge on any atom is -0.425 e. The minimum atomic E-state index is -1.37. The quantitative estimate of drug-likeness (QED) is 0.542. The fourth-order valence-corrected chi connectivity index (χ4v) is 1.71. The summed E-state index contributed by atoms with van der Waals surface area (Å²) >= 11 is 0. The second-order valence-electron chi connectivity index (χ2n) is 3.92. The Morgan fingerprint density at radius 2 is 1.88 bits per heavy atom. The van der Waals surface area contributed by atoms with Gasteiger partial charge in [-0.1, -0.05) is 36.8 Å². The highest BCUT2D eigenvalue weighted by molar-refractivity contribution is 6.42. The third kappa shape index (κ3) is 4.79. The molecule has 0 aliphatic rings. The molecule has 3 nitrogen and oxygen atoms in total. The largest absolute Gasteiger partial charge is 0.482 e. The van der Waals surface area contributed by atoms with E-state index in [2.05, 4.69) is 12.1 Å². The monoisotopic (exact) mass is 222 g/mol. The van der Waals surface area contributed by atoms with E-state index in [1.807, 2.05) is 18.2 Å². The van der Waals surface area contributed by atoms with Gasteiger partial charge in [0.2, 0.25) is 0 Å². The molecular weight excluding hydrogens is 203 g/mol. The van der Waals surface area contributed by atoms with Crippen LogP contribution in [0.15, 0.2) is 30.3 Å². The van der Waals surface area contributed by atoms with Gasteiger partial charge < -0.3 is 14.8 Å². The van der Waals surface area contributed by atoms with Crippen molar-refractivity contribution < 1.29 is 14.8 Å². The third-order valence-electron chi connectivity index (χ3n) is 2.68. The SMILES string of the molecule is COC(CCCCc1ccccc1)B(O)O. The normalized spacial score (nSPS) is 12.4. The van der Waals surface area contributed by atoms with E-state index >= 15 is 0 Å². The molecule has 1 unspecified atom stereocenters. The number of unbranched alkanes of at least 4 members (excludes halogenated alkanes) is 1. The average molecular weight is 222 g/mol. The Hall–Kier alpha value is -0.835. The van der Waals surface area contributed by atoms with E-state index in [4.69, 9.17) is 14.8 Å². The summed E-state index contributed by atoms with van der Waals surface area (Å²) in [4.78, 5) is 0. The van der Waals surface area contributed by atoms with E-state index in [9.17, 15) is 0 Å². The minimum absolute atomic E-state index is 0.462. The van der Waals surface area contributed by atoms with Gasteiger partial charge in [-0.2, -0.15) is 0 Å². The standard InChI is InChI=1S/C12H19BO3/c1-16-12(13(14)15)10-6-5-9-11-7-3-2-4-8-11/h2-4,7-8,12,14-15H,5-6,9-10H2,1H3. The summed E-state index contributed by atoms with van der Waals surface area (Å²) < 4.78 is 4.96. The van der Waals surface area contributed by atoms with Crippen LogP contribution in [0, 0.1) is 0 Å². The van der Waals surface area contributed by atoms with Gasteiger partial charge in [-0.15, -0.1) is 0 Å². The van der Waals surface area contributed by atoms with Crippen LogP contribution in [0.5, 0.6) is 0 Å². The maximum absolute atomic E-state index is 8.96. The fraction of sp³-hybridized carbons (Fsp3) is 0.500. The highest BCUT2D eigenvalue weighted by Crippen LogP contribution is 2.09. The molecule has 16 heavy (non-hydrogen) atoms. The van der Waals surface area contributed by atoms with Gasteiger partial charge in [-0.25, -0.2) is 0 Å². The van der Waals surface area contributed by atoms with Crippen LogP contribution in [-0.4, -0.2) is 30.3 Å². The maximum Gasteiger partial charge on any atom is 0.482 e. The van der Waals surface area contributed by atoms with Gasteiger partial charge in [-0.3, -0.25) is 0 Å². The molecule has 1 aromatic carbocycles. The molecule has 88 valence electrons. The molecule has 0 saturated heterocycles.